The lowest BCUT2D eigenvalue weighted by molar-refractivity contribution is 0.171. The van der Waals surface area contributed by atoms with Crippen LogP contribution in [0.1, 0.15) is 50.9 Å². The number of nitrogens with one attached hydrogen (secondary N) is 1. The molecule has 1 aromatic rings. The molecule has 0 aliphatic heterocycles. The first kappa shape index (κ1) is 12.5. The third-order valence-electron chi connectivity index (χ3n) is 3.96. The summed E-state index contributed by atoms with van der Waals surface area (Å²) < 4.78 is 0. The summed E-state index contributed by atoms with van der Waals surface area (Å²) >= 11 is 0. The number of hydrogen-bond donors (Lipinski definition) is 2. The molecule has 1 saturated carbocycles. The van der Waals surface area contributed by atoms with E-state index in [4.69, 9.17) is 5.84 Å². The fourth-order valence-corrected chi connectivity index (χ4v) is 3.04. The molecule has 4 heteroatoms. The quantitative estimate of drug-likeness (QED) is 0.619. The maximum Gasteiger partial charge on any atom is 0.146 e. The first-order valence-electron chi connectivity index (χ1n) is 6.59. The van der Waals surface area contributed by atoms with Gasteiger partial charge in [-0.05, 0) is 24.3 Å². The van der Waals surface area contributed by atoms with Crippen molar-refractivity contribution in [1.82, 2.24) is 15.4 Å². The number of aromatic nitrogens is 2. The molecule has 1 aliphatic carbocycles. The summed E-state index contributed by atoms with van der Waals surface area (Å²) in [6.45, 7) is 2.27. The maximum atomic E-state index is 5.72. The van der Waals surface area contributed by atoms with Crippen LogP contribution >= 0.6 is 0 Å². The fourth-order valence-electron chi connectivity index (χ4n) is 3.04. The summed E-state index contributed by atoms with van der Waals surface area (Å²) in [5.41, 5.74) is 2.93. The van der Waals surface area contributed by atoms with E-state index < -0.39 is 0 Å². The number of nitrogens with two attached hydrogens (primary N) is 1. The van der Waals surface area contributed by atoms with E-state index in [9.17, 15) is 0 Å². The molecule has 17 heavy (non-hydrogen) atoms. The third-order valence-corrected chi connectivity index (χ3v) is 3.96. The third kappa shape index (κ3) is 2.82. The van der Waals surface area contributed by atoms with Crippen molar-refractivity contribution in [1.29, 1.82) is 0 Å². The molecule has 3 unspecified atom stereocenters. The standard InChI is InChI=1S/C13H22N4/c1-2-10-6-3-4-7-11(10)12(17-14)13-15-8-5-9-16-13/h5,8-12,17H,2-4,6-7,14H2,1H3. The van der Waals surface area contributed by atoms with Crippen LogP contribution in [0.2, 0.25) is 0 Å². The van der Waals surface area contributed by atoms with E-state index in [1.54, 1.807) is 12.4 Å². The second-order valence-electron chi connectivity index (χ2n) is 4.87. The van der Waals surface area contributed by atoms with Crippen LogP contribution in [0.25, 0.3) is 0 Å². The Hall–Kier alpha value is -1.00. The molecule has 0 spiro atoms. The van der Waals surface area contributed by atoms with Gasteiger partial charge >= 0.3 is 0 Å². The van der Waals surface area contributed by atoms with E-state index in [0.29, 0.717) is 5.92 Å². The van der Waals surface area contributed by atoms with Crippen LogP contribution in [-0.2, 0) is 0 Å². The van der Waals surface area contributed by atoms with Gasteiger partial charge in [-0.3, -0.25) is 5.84 Å². The van der Waals surface area contributed by atoms with Crippen LogP contribution in [0, 0.1) is 11.8 Å². The Kier molecular flexibility index (Phi) is 4.45. The maximum absolute atomic E-state index is 5.72. The minimum absolute atomic E-state index is 0.0986. The van der Waals surface area contributed by atoms with E-state index in [1.807, 2.05) is 6.07 Å². The lowest BCUT2D eigenvalue weighted by Crippen LogP contribution is -2.39. The molecule has 2 rings (SSSR count). The number of rotatable bonds is 4. The minimum atomic E-state index is 0.0986. The topological polar surface area (TPSA) is 63.8 Å². The summed E-state index contributed by atoms with van der Waals surface area (Å²) in [7, 11) is 0. The van der Waals surface area contributed by atoms with Gasteiger partial charge in [0.05, 0.1) is 6.04 Å². The molecule has 0 radical (unpaired) electrons. The number of nitrogens with zero attached hydrogens (tertiary/aromatic N) is 2. The Bertz CT molecular complexity index is 327. The van der Waals surface area contributed by atoms with Gasteiger partial charge in [0.1, 0.15) is 5.82 Å². The van der Waals surface area contributed by atoms with Crippen molar-refractivity contribution in [3.63, 3.8) is 0 Å². The molecular weight excluding hydrogens is 212 g/mol. The first-order valence-corrected chi connectivity index (χ1v) is 6.59. The second kappa shape index (κ2) is 6.07. The molecule has 1 heterocycles. The summed E-state index contributed by atoms with van der Waals surface area (Å²) in [6, 6.07) is 1.94. The molecule has 0 bridgehead atoms. The molecule has 3 N–H and O–H groups in total. The molecule has 94 valence electrons. The molecule has 1 fully saturated rings. The van der Waals surface area contributed by atoms with Crippen LogP contribution in [0.5, 0.6) is 0 Å². The summed E-state index contributed by atoms with van der Waals surface area (Å²) in [5, 5.41) is 0. The summed E-state index contributed by atoms with van der Waals surface area (Å²) in [4.78, 5) is 8.68. The SMILES string of the molecule is CCC1CCCCC1C(NN)c1ncccn1. The Morgan fingerprint density at radius 2 is 2.06 bits per heavy atom. The zero-order valence-electron chi connectivity index (χ0n) is 10.5. The van der Waals surface area contributed by atoms with Gasteiger partial charge in [0.2, 0.25) is 0 Å². The van der Waals surface area contributed by atoms with Gasteiger partial charge in [0, 0.05) is 12.4 Å². The predicted molar refractivity (Wildman–Crippen MR) is 67.8 cm³/mol. The highest BCUT2D eigenvalue weighted by molar-refractivity contribution is 4.99. The van der Waals surface area contributed by atoms with E-state index in [-0.39, 0.29) is 6.04 Å². The average Bonchev–Trinajstić information content (AvgIpc) is 2.41. The van der Waals surface area contributed by atoms with Crippen molar-refractivity contribution in [2.75, 3.05) is 0 Å². The van der Waals surface area contributed by atoms with Crippen LogP contribution in [0.4, 0.5) is 0 Å². The normalized spacial score (nSPS) is 26.7. The summed E-state index contributed by atoms with van der Waals surface area (Å²) in [6.07, 6.45) is 9.98. The van der Waals surface area contributed by atoms with Gasteiger partial charge in [-0.25, -0.2) is 15.4 Å². The lowest BCUT2D eigenvalue weighted by atomic mass is 9.74. The fraction of sp³-hybridized carbons (Fsp3) is 0.692. The first-order chi connectivity index (χ1) is 8.36. The highest BCUT2D eigenvalue weighted by Crippen LogP contribution is 2.38. The molecule has 3 atom stereocenters. The highest BCUT2D eigenvalue weighted by atomic mass is 15.2. The van der Waals surface area contributed by atoms with Gasteiger partial charge in [-0.15, -0.1) is 0 Å². The van der Waals surface area contributed by atoms with Gasteiger partial charge < -0.3 is 0 Å². The van der Waals surface area contributed by atoms with E-state index >= 15 is 0 Å². The second-order valence-corrected chi connectivity index (χ2v) is 4.87. The Morgan fingerprint density at radius 1 is 1.35 bits per heavy atom. The number of hydrogen-bond acceptors (Lipinski definition) is 4. The van der Waals surface area contributed by atoms with Crippen molar-refractivity contribution in [2.24, 2.45) is 17.7 Å². The molecule has 4 nitrogen and oxygen atoms in total. The Morgan fingerprint density at radius 3 is 2.71 bits per heavy atom. The largest absolute Gasteiger partial charge is 0.271 e. The van der Waals surface area contributed by atoms with Crippen molar-refractivity contribution in [3.05, 3.63) is 24.3 Å². The van der Waals surface area contributed by atoms with Crippen molar-refractivity contribution in [3.8, 4) is 0 Å². The monoisotopic (exact) mass is 234 g/mol. The van der Waals surface area contributed by atoms with E-state index in [2.05, 4.69) is 22.3 Å². The molecule has 0 saturated heterocycles. The molecule has 1 aliphatic rings. The van der Waals surface area contributed by atoms with Crippen molar-refractivity contribution in [2.45, 2.75) is 45.1 Å². The predicted octanol–water partition coefficient (Wildman–Crippen LogP) is 2.20. The number of hydrazine groups is 1. The van der Waals surface area contributed by atoms with E-state index in [0.717, 1.165) is 11.7 Å². The van der Waals surface area contributed by atoms with Gasteiger partial charge in [0.25, 0.3) is 0 Å². The van der Waals surface area contributed by atoms with E-state index in [1.165, 1.54) is 32.1 Å². The minimum Gasteiger partial charge on any atom is -0.271 e. The van der Waals surface area contributed by atoms with Gasteiger partial charge in [-0.1, -0.05) is 32.6 Å². The van der Waals surface area contributed by atoms with Crippen LogP contribution < -0.4 is 11.3 Å². The molecular formula is C13H22N4. The van der Waals surface area contributed by atoms with Gasteiger partial charge in [0.15, 0.2) is 0 Å². The molecule has 0 aromatic carbocycles. The molecule has 1 aromatic heterocycles. The van der Waals surface area contributed by atoms with Gasteiger partial charge in [-0.2, -0.15) is 0 Å². The Balaban J connectivity index is 2.16. The average molecular weight is 234 g/mol. The Labute approximate surface area is 103 Å². The highest BCUT2D eigenvalue weighted by Gasteiger charge is 2.32. The summed E-state index contributed by atoms with van der Waals surface area (Å²) in [5.74, 6) is 7.87. The van der Waals surface area contributed by atoms with Crippen LogP contribution in [0.15, 0.2) is 18.5 Å². The van der Waals surface area contributed by atoms with Crippen LogP contribution in [0.3, 0.4) is 0 Å². The molecule has 0 amide bonds. The smallest absolute Gasteiger partial charge is 0.146 e. The van der Waals surface area contributed by atoms with Crippen LogP contribution in [-0.4, -0.2) is 9.97 Å². The zero-order chi connectivity index (χ0) is 12.1. The van der Waals surface area contributed by atoms with Crippen molar-refractivity contribution < 1.29 is 0 Å². The van der Waals surface area contributed by atoms with Crippen molar-refractivity contribution >= 4 is 0 Å². The lowest BCUT2D eigenvalue weighted by Gasteiger charge is -2.35. The zero-order valence-corrected chi connectivity index (χ0v) is 10.5.